The number of benzene rings is 2. The number of hydrogen-bond acceptors (Lipinski definition) is 5. The molecule has 0 N–H and O–H groups in total. The largest absolute Gasteiger partial charge is 0.329 e. The van der Waals surface area contributed by atoms with E-state index >= 15 is 0 Å². The number of nitrogens with zero attached hydrogens (tertiary/aromatic N) is 5. The van der Waals surface area contributed by atoms with Gasteiger partial charge >= 0.3 is 0 Å². The van der Waals surface area contributed by atoms with Crippen LogP contribution in [0, 0.1) is 6.92 Å². The maximum atomic E-state index is 4.96. The van der Waals surface area contributed by atoms with Gasteiger partial charge < -0.3 is 4.57 Å². The number of imidazole rings is 1. The quantitative estimate of drug-likeness (QED) is 0.520. The molecule has 28 heavy (non-hydrogen) atoms. The Bertz CT molecular complexity index is 1110. The van der Waals surface area contributed by atoms with E-state index in [1.165, 1.54) is 34.4 Å². The third kappa shape index (κ3) is 3.12. The molecule has 6 heteroatoms. The summed E-state index contributed by atoms with van der Waals surface area (Å²) in [6.07, 6.45) is 0. The zero-order chi connectivity index (χ0) is 19.1. The summed E-state index contributed by atoms with van der Waals surface area (Å²) < 4.78 is 11.1. The molecule has 2 aromatic carbocycles. The number of rotatable bonds is 4. The summed E-state index contributed by atoms with van der Waals surface area (Å²) >= 11 is 1.28. The summed E-state index contributed by atoms with van der Waals surface area (Å²) in [5, 5.41) is 0. The maximum absolute atomic E-state index is 4.96. The molecule has 0 bridgehead atoms. The van der Waals surface area contributed by atoms with E-state index in [9.17, 15) is 0 Å². The molecule has 4 aromatic rings. The van der Waals surface area contributed by atoms with Gasteiger partial charge in [-0.15, -0.1) is 0 Å². The Morgan fingerprint density at radius 1 is 1.04 bits per heavy atom. The summed E-state index contributed by atoms with van der Waals surface area (Å²) in [6, 6.07) is 17.1. The van der Waals surface area contributed by atoms with Crippen LogP contribution < -0.4 is 0 Å². The first-order chi connectivity index (χ1) is 13.7. The molecular weight excluding hydrogens is 366 g/mol. The molecule has 142 valence electrons. The van der Waals surface area contributed by atoms with E-state index in [0.29, 0.717) is 5.92 Å². The first-order valence-electron chi connectivity index (χ1n) is 9.73. The van der Waals surface area contributed by atoms with Crippen LogP contribution in [0.5, 0.6) is 0 Å². The molecule has 1 atom stereocenters. The minimum atomic E-state index is 0.305. The summed E-state index contributed by atoms with van der Waals surface area (Å²) in [4.78, 5) is 7.47. The lowest BCUT2D eigenvalue weighted by atomic mass is 10.0. The predicted molar refractivity (Wildman–Crippen MR) is 112 cm³/mol. The number of hydrogen-bond donors (Lipinski definition) is 0. The minimum Gasteiger partial charge on any atom is -0.329 e. The normalized spacial score (nSPS) is 15.6. The number of aryl methyl sites for hydroxylation is 1. The molecule has 0 saturated heterocycles. The van der Waals surface area contributed by atoms with Crippen LogP contribution in [0.25, 0.3) is 11.0 Å². The van der Waals surface area contributed by atoms with Crippen LogP contribution in [0.3, 0.4) is 0 Å². The summed E-state index contributed by atoms with van der Waals surface area (Å²) in [5.74, 6) is 1.49. The van der Waals surface area contributed by atoms with Crippen LogP contribution in [0.4, 0.5) is 0 Å². The topological polar surface area (TPSA) is 46.8 Å². The molecule has 1 unspecified atom stereocenters. The molecule has 0 saturated carbocycles. The summed E-state index contributed by atoms with van der Waals surface area (Å²) in [5.41, 5.74) is 7.11. The number of fused-ring (bicyclic) bond motifs is 2. The molecule has 5 nitrogen and oxygen atoms in total. The van der Waals surface area contributed by atoms with Crippen molar-refractivity contribution in [2.45, 2.75) is 39.4 Å². The molecule has 1 aliphatic rings. The summed E-state index contributed by atoms with van der Waals surface area (Å²) in [7, 11) is 0. The highest BCUT2D eigenvalue weighted by Crippen LogP contribution is 2.28. The first-order valence-corrected chi connectivity index (χ1v) is 10.5. The van der Waals surface area contributed by atoms with Crippen LogP contribution in [0.15, 0.2) is 48.5 Å². The zero-order valence-corrected chi connectivity index (χ0v) is 17.0. The second kappa shape index (κ2) is 7.11. The van der Waals surface area contributed by atoms with Gasteiger partial charge in [0.1, 0.15) is 16.9 Å². The monoisotopic (exact) mass is 389 g/mol. The molecule has 0 fully saturated rings. The van der Waals surface area contributed by atoms with Crippen molar-refractivity contribution in [3.05, 3.63) is 76.9 Å². The van der Waals surface area contributed by atoms with Gasteiger partial charge in [0, 0.05) is 32.1 Å². The zero-order valence-electron chi connectivity index (χ0n) is 16.2. The van der Waals surface area contributed by atoms with Gasteiger partial charge in [-0.25, -0.2) is 4.98 Å². The Morgan fingerprint density at radius 2 is 1.86 bits per heavy atom. The van der Waals surface area contributed by atoms with Crippen molar-refractivity contribution < 1.29 is 0 Å². The van der Waals surface area contributed by atoms with E-state index in [0.717, 1.165) is 42.9 Å². The Morgan fingerprint density at radius 3 is 2.71 bits per heavy atom. The SMILES string of the molecule is Cc1nc(C(C)c2ccccc2)n2c1CN(Cc1ccc3nsnc3c1)CC2. The molecule has 3 heterocycles. The lowest BCUT2D eigenvalue weighted by Crippen LogP contribution is -2.34. The van der Waals surface area contributed by atoms with E-state index in [1.54, 1.807) is 0 Å². The third-order valence-corrected chi connectivity index (χ3v) is 6.28. The van der Waals surface area contributed by atoms with E-state index in [-0.39, 0.29) is 0 Å². The minimum absolute atomic E-state index is 0.305. The van der Waals surface area contributed by atoms with Crippen molar-refractivity contribution in [1.29, 1.82) is 0 Å². The van der Waals surface area contributed by atoms with Crippen LogP contribution in [-0.2, 0) is 19.6 Å². The van der Waals surface area contributed by atoms with E-state index < -0.39 is 0 Å². The maximum Gasteiger partial charge on any atom is 0.116 e. The molecule has 5 rings (SSSR count). The predicted octanol–water partition coefficient (Wildman–Crippen LogP) is 4.36. The van der Waals surface area contributed by atoms with Gasteiger partial charge in [0.2, 0.25) is 0 Å². The van der Waals surface area contributed by atoms with Gasteiger partial charge in [-0.3, -0.25) is 4.90 Å². The smallest absolute Gasteiger partial charge is 0.116 e. The fraction of sp³-hybridized carbons (Fsp3) is 0.318. The van der Waals surface area contributed by atoms with Crippen LogP contribution >= 0.6 is 11.7 Å². The highest BCUT2D eigenvalue weighted by molar-refractivity contribution is 7.00. The van der Waals surface area contributed by atoms with Crippen molar-refractivity contribution in [1.82, 2.24) is 23.2 Å². The summed E-state index contributed by atoms with van der Waals surface area (Å²) in [6.45, 7) is 8.29. The molecule has 2 aromatic heterocycles. The number of aromatic nitrogens is 4. The standard InChI is InChI=1S/C22H23N5S/c1-15(18-6-4-3-5-7-18)22-23-16(2)21-14-26(10-11-27(21)22)13-17-8-9-19-20(12-17)25-28-24-19/h3-9,12,15H,10-11,13-14H2,1-2H3. The Hall–Kier alpha value is -2.57. The lowest BCUT2D eigenvalue weighted by Gasteiger charge is -2.30. The molecular formula is C22H23N5S. The van der Waals surface area contributed by atoms with Crippen molar-refractivity contribution in [2.24, 2.45) is 0 Å². The van der Waals surface area contributed by atoms with Gasteiger partial charge in [-0.1, -0.05) is 43.3 Å². The average Bonchev–Trinajstić information content (AvgIpc) is 3.32. The van der Waals surface area contributed by atoms with Gasteiger partial charge in [-0.05, 0) is 30.2 Å². The Balaban J connectivity index is 1.38. The first kappa shape index (κ1) is 17.5. The fourth-order valence-electron chi connectivity index (χ4n) is 4.15. The third-order valence-electron chi connectivity index (χ3n) is 5.73. The molecule has 0 aliphatic carbocycles. The second-order valence-electron chi connectivity index (χ2n) is 7.58. The highest BCUT2D eigenvalue weighted by atomic mass is 32.1. The van der Waals surface area contributed by atoms with Crippen LogP contribution in [0.1, 0.15) is 41.2 Å². The second-order valence-corrected chi connectivity index (χ2v) is 8.11. The van der Waals surface area contributed by atoms with Gasteiger partial charge in [0.15, 0.2) is 0 Å². The van der Waals surface area contributed by atoms with E-state index in [4.69, 9.17) is 4.98 Å². The highest BCUT2D eigenvalue weighted by Gasteiger charge is 2.25. The Labute approximate surface area is 169 Å². The molecule has 0 amide bonds. The van der Waals surface area contributed by atoms with Crippen LogP contribution in [0.2, 0.25) is 0 Å². The average molecular weight is 390 g/mol. The molecule has 0 radical (unpaired) electrons. The van der Waals surface area contributed by atoms with Gasteiger partial charge in [0.05, 0.1) is 23.1 Å². The van der Waals surface area contributed by atoms with Crippen molar-refractivity contribution >= 4 is 22.8 Å². The van der Waals surface area contributed by atoms with E-state index in [2.05, 4.69) is 80.6 Å². The Kier molecular flexibility index (Phi) is 4.45. The fourth-order valence-corrected chi connectivity index (χ4v) is 4.67. The lowest BCUT2D eigenvalue weighted by molar-refractivity contribution is 0.210. The van der Waals surface area contributed by atoms with Gasteiger partial charge in [-0.2, -0.15) is 8.75 Å². The van der Waals surface area contributed by atoms with Crippen LogP contribution in [-0.4, -0.2) is 29.7 Å². The van der Waals surface area contributed by atoms with Crippen molar-refractivity contribution in [3.8, 4) is 0 Å². The van der Waals surface area contributed by atoms with Crippen molar-refractivity contribution in [2.75, 3.05) is 6.54 Å². The molecule has 1 aliphatic heterocycles. The van der Waals surface area contributed by atoms with Gasteiger partial charge in [0.25, 0.3) is 0 Å². The van der Waals surface area contributed by atoms with E-state index in [1.807, 2.05) is 0 Å². The van der Waals surface area contributed by atoms with Crippen molar-refractivity contribution in [3.63, 3.8) is 0 Å². The molecule has 0 spiro atoms.